The molecule has 6 nitrogen and oxygen atoms in total. The van der Waals surface area contributed by atoms with Crippen molar-refractivity contribution in [2.45, 2.75) is 316 Å². The van der Waals surface area contributed by atoms with Crippen molar-refractivity contribution in [1.82, 2.24) is 0 Å². The van der Waals surface area contributed by atoms with Gasteiger partial charge in [-0.15, -0.1) is 0 Å². The first-order chi connectivity index (χ1) is 38.5. The summed E-state index contributed by atoms with van der Waals surface area (Å²) in [5.74, 6) is -0.891. The maximum atomic E-state index is 12.9. The van der Waals surface area contributed by atoms with Crippen LogP contribution in [0.2, 0.25) is 0 Å². The fourth-order valence-corrected chi connectivity index (χ4v) is 9.10. The number of carbonyl (C=O) groups excluding carboxylic acids is 3. The summed E-state index contributed by atoms with van der Waals surface area (Å²) in [6.07, 6.45) is 89.6. The van der Waals surface area contributed by atoms with Crippen molar-refractivity contribution in [1.29, 1.82) is 0 Å². The van der Waals surface area contributed by atoms with Crippen molar-refractivity contribution < 1.29 is 28.6 Å². The maximum Gasteiger partial charge on any atom is 0.306 e. The molecule has 0 saturated heterocycles. The van der Waals surface area contributed by atoms with Crippen LogP contribution in [0.1, 0.15) is 310 Å². The number of allylic oxidation sites excluding steroid dienone is 18. The van der Waals surface area contributed by atoms with Gasteiger partial charge in [0.05, 0.1) is 0 Å². The van der Waals surface area contributed by atoms with Crippen LogP contribution in [0.25, 0.3) is 0 Å². The molecule has 0 amide bonds. The number of hydrogen-bond donors (Lipinski definition) is 0. The second kappa shape index (κ2) is 65.6. The van der Waals surface area contributed by atoms with E-state index in [2.05, 4.69) is 130 Å². The van der Waals surface area contributed by atoms with Gasteiger partial charge >= 0.3 is 17.9 Å². The Hall–Kier alpha value is -3.93. The van der Waals surface area contributed by atoms with Crippen LogP contribution in [0.3, 0.4) is 0 Å². The number of carbonyl (C=O) groups is 3. The van der Waals surface area contributed by atoms with Gasteiger partial charge in [0.2, 0.25) is 0 Å². The van der Waals surface area contributed by atoms with Gasteiger partial charge in [-0.2, -0.15) is 0 Å². The Bertz CT molecular complexity index is 1570. The van der Waals surface area contributed by atoms with Gasteiger partial charge in [-0.05, 0) is 109 Å². The minimum absolute atomic E-state index is 0.0815. The molecule has 0 radical (unpaired) electrons. The monoisotopic (exact) mass is 1080 g/mol. The molecule has 0 bridgehead atoms. The van der Waals surface area contributed by atoms with E-state index in [1.807, 2.05) is 0 Å². The number of hydrogen-bond acceptors (Lipinski definition) is 6. The lowest BCUT2D eigenvalue weighted by molar-refractivity contribution is -0.167. The quantitative estimate of drug-likeness (QED) is 0.0261. The van der Waals surface area contributed by atoms with Crippen molar-refractivity contribution in [3.63, 3.8) is 0 Å². The Balaban J connectivity index is 4.28. The summed E-state index contributed by atoms with van der Waals surface area (Å²) >= 11 is 0. The summed E-state index contributed by atoms with van der Waals surface area (Å²) in [7, 11) is 0. The number of esters is 3. The Kier molecular flexibility index (Phi) is 62.3. The molecular formula is C72H122O6. The third-order valence-electron chi connectivity index (χ3n) is 14.0. The number of unbranched alkanes of at least 4 members (excludes halogenated alkanes) is 30. The van der Waals surface area contributed by atoms with Crippen molar-refractivity contribution in [2.75, 3.05) is 13.2 Å². The first-order valence-electron chi connectivity index (χ1n) is 32.9. The lowest BCUT2D eigenvalue weighted by Gasteiger charge is -2.18. The Morgan fingerprint density at radius 2 is 0.500 bits per heavy atom. The lowest BCUT2D eigenvalue weighted by Crippen LogP contribution is -2.30. The molecule has 0 aromatic rings. The molecule has 0 fully saturated rings. The van der Waals surface area contributed by atoms with Gasteiger partial charge in [-0.1, -0.05) is 291 Å². The Morgan fingerprint density at radius 1 is 0.269 bits per heavy atom. The highest BCUT2D eigenvalue weighted by atomic mass is 16.6. The molecule has 0 spiro atoms. The lowest BCUT2D eigenvalue weighted by atomic mass is 10.1. The van der Waals surface area contributed by atoms with E-state index < -0.39 is 6.10 Å². The predicted octanol–water partition coefficient (Wildman–Crippen LogP) is 22.6. The van der Waals surface area contributed by atoms with Gasteiger partial charge in [0, 0.05) is 19.3 Å². The Labute approximate surface area is 482 Å². The van der Waals surface area contributed by atoms with E-state index in [1.54, 1.807) is 0 Å². The molecule has 0 heterocycles. The molecule has 1 atom stereocenters. The molecule has 0 rings (SSSR count). The summed E-state index contributed by atoms with van der Waals surface area (Å²) in [4.78, 5) is 38.3. The normalized spacial score (nSPS) is 12.8. The van der Waals surface area contributed by atoms with Gasteiger partial charge in [0.15, 0.2) is 6.10 Å². The van der Waals surface area contributed by atoms with Gasteiger partial charge in [0.1, 0.15) is 13.2 Å². The first-order valence-corrected chi connectivity index (χ1v) is 32.9. The molecular weight excluding hydrogens is 961 g/mol. The largest absolute Gasteiger partial charge is 0.462 e. The SMILES string of the molecule is CC/C=C\C/C=C\C/C=C\C/C=C\C/C=C\C/C=C\C/C=C\CCCCCCCCCC(=O)OCC(COC(=O)CCCCCCCCCCCC)OC(=O)CCCCCCCCCCC/C=C\C/C=C\CCCCCCC. The summed E-state index contributed by atoms with van der Waals surface area (Å²) in [6.45, 7) is 6.51. The average molecular weight is 1080 g/mol. The summed E-state index contributed by atoms with van der Waals surface area (Å²) in [5, 5.41) is 0. The zero-order valence-corrected chi connectivity index (χ0v) is 51.2. The number of ether oxygens (including phenoxy) is 3. The second-order valence-corrected chi connectivity index (χ2v) is 21.6. The van der Waals surface area contributed by atoms with Gasteiger partial charge in [0.25, 0.3) is 0 Å². The van der Waals surface area contributed by atoms with E-state index >= 15 is 0 Å². The molecule has 0 aromatic heterocycles. The van der Waals surface area contributed by atoms with Crippen LogP contribution in [-0.4, -0.2) is 37.2 Å². The van der Waals surface area contributed by atoms with Gasteiger partial charge in [-0.25, -0.2) is 0 Å². The molecule has 0 aliphatic carbocycles. The van der Waals surface area contributed by atoms with Crippen LogP contribution in [-0.2, 0) is 28.6 Å². The highest BCUT2D eigenvalue weighted by molar-refractivity contribution is 5.71. The second-order valence-electron chi connectivity index (χ2n) is 21.6. The van der Waals surface area contributed by atoms with E-state index in [0.29, 0.717) is 19.3 Å². The summed E-state index contributed by atoms with van der Waals surface area (Å²) in [5.41, 5.74) is 0. The molecule has 0 aliphatic heterocycles. The van der Waals surface area contributed by atoms with E-state index in [1.165, 1.54) is 154 Å². The average Bonchev–Trinajstić information content (AvgIpc) is 3.44. The van der Waals surface area contributed by atoms with E-state index in [4.69, 9.17) is 14.2 Å². The molecule has 1 unspecified atom stereocenters. The minimum Gasteiger partial charge on any atom is -0.462 e. The highest BCUT2D eigenvalue weighted by Crippen LogP contribution is 2.16. The van der Waals surface area contributed by atoms with Crippen molar-refractivity contribution in [2.24, 2.45) is 0 Å². The fraction of sp³-hybridized carbons (Fsp3) is 0.708. The van der Waals surface area contributed by atoms with Crippen LogP contribution < -0.4 is 0 Å². The van der Waals surface area contributed by atoms with Crippen molar-refractivity contribution in [3.05, 3.63) is 109 Å². The van der Waals surface area contributed by atoms with Crippen molar-refractivity contribution >= 4 is 17.9 Å². The predicted molar refractivity (Wildman–Crippen MR) is 339 cm³/mol. The molecule has 0 aliphatic rings. The molecule has 78 heavy (non-hydrogen) atoms. The molecule has 0 saturated carbocycles. The third kappa shape index (κ3) is 62.9. The molecule has 0 aromatic carbocycles. The van der Waals surface area contributed by atoms with E-state index in [9.17, 15) is 14.4 Å². The standard InChI is InChI=1S/C72H122O6/c1-4-7-10-13-16-19-22-24-26-28-30-32-33-34-35-36-37-38-39-41-42-44-46-48-50-53-56-59-62-65-71(74)77-68-69(67-76-70(73)64-61-58-55-52-21-18-15-12-9-6-3)78-72(75)66-63-60-57-54-51-49-47-45-43-40-31-29-27-25-23-20-17-14-11-8-5-2/h7,10,16,19,23-26,29-32,34-35,37-38,41-42,69H,4-6,8-9,11-15,17-18,20-22,27-28,33,36,39-40,43-68H2,1-3H3/b10-7-,19-16-,25-23-,26-24-,31-29-,32-30-,35-34-,38-37-,42-41-. The first kappa shape index (κ1) is 74.1. The van der Waals surface area contributed by atoms with E-state index in [-0.39, 0.29) is 31.1 Å². The summed E-state index contributed by atoms with van der Waals surface area (Å²) in [6, 6.07) is 0. The van der Waals surface area contributed by atoms with Crippen LogP contribution in [0.15, 0.2) is 109 Å². The Morgan fingerprint density at radius 3 is 0.782 bits per heavy atom. The molecule has 6 heteroatoms. The van der Waals surface area contributed by atoms with Gasteiger partial charge in [-0.3, -0.25) is 14.4 Å². The molecule has 0 N–H and O–H groups in total. The highest BCUT2D eigenvalue weighted by Gasteiger charge is 2.19. The van der Waals surface area contributed by atoms with Crippen molar-refractivity contribution in [3.8, 4) is 0 Å². The smallest absolute Gasteiger partial charge is 0.306 e. The zero-order chi connectivity index (χ0) is 56.4. The maximum absolute atomic E-state index is 12.9. The topological polar surface area (TPSA) is 78.9 Å². The van der Waals surface area contributed by atoms with Gasteiger partial charge < -0.3 is 14.2 Å². The third-order valence-corrected chi connectivity index (χ3v) is 14.0. The van der Waals surface area contributed by atoms with Crippen LogP contribution in [0.4, 0.5) is 0 Å². The number of rotatable bonds is 59. The zero-order valence-electron chi connectivity index (χ0n) is 51.2. The summed E-state index contributed by atoms with van der Waals surface area (Å²) < 4.78 is 16.9. The van der Waals surface area contributed by atoms with Crippen LogP contribution >= 0.6 is 0 Å². The van der Waals surface area contributed by atoms with E-state index in [0.717, 1.165) is 116 Å². The molecule has 446 valence electrons. The fourth-order valence-electron chi connectivity index (χ4n) is 9.10. The van der Waals surface area contributed by atoms with Crippen LogP contribution in [0, 0.1) is 0 Å². The minimum atomic E-state index is -0.785. The van der Waals surface area contributed by atoms with Crippen LogP contribution in [0.5, 0.6) is 0 Å².